The van der Waals surface area contributed by atoms with E-state index >= 15 is 0 Å². The van der Waals surface area contributed by atoms with E-state index in [2.05, 4.69) is 58.1 Å². The summed E-state index contributed by atoms with van der Waals surface area (Å²) in [4.78, 5) is 33.7. The summed E-state index contributed by atoms with van der Waals surface area (Å²) < 4.78 is 12.0. The van der Waals surface area contributed by atoms with E-state index < -0.39 is 12.0 Å². The van der Waals surface area contributed by atoms with Crippen molar-refractivity contribution >= 4 is 34.0 Å². The molecule has 1 N–H and O–H groups in total. The third kappa shape index (κ3) is 7.30. The van der Waals surface area contributed by atoms with Crippen molar-refractivity contribution in [1.82, 2.24) is 10.3 Å². The fourth-order valence-electron chi connectivity index (χ4n) is 7.06. The Hall–Kier alpha value is -2.93. The van der Waals surface area contributed by atoms with Gasteiger partial charge in [-0.2, -0.15) is 0 Å². The summed E-state index contributed by atoms with van der Waals surface area (Å²) in [6, 6.07) is 11.5. The Morgan fingerprint density at radius 2 is 1.75 bits per heavy atom. The minimum Gasteiger partial charge on any atom is -0.487 e. The summed E-state index contributed by atoms with van der Waals surface area (Å²) in [6.45, 7) is 11.2. The number of nitrogens with one attached hydrogen (secondary N) is 1. The van der Waals surface area contributed by atoms with E-state index in [-0.39, 0.29) is 16.9 Å². The molecule has 0 radical (unpaired) electrons. The lowest BCUT2D eigenvalue weighted by molar-refractivity contribution is -0.142. The minimum atomic E-state index is -0.790. The average Bonchev–Trinajstić information content (AvgIpc) is 3.69. The van der Waals surface area contributed by atoms with Gasteiger partial charge in [0.2, 0.25) is 0 Å². The number of aromatic nitrogens is 1. The van der Waals surface area contributed by atoms with Gasteiger partial charge >= 0.3 is 5.97 Å². The Labute approximate surface area is 267 Å². The lowest BCUT2D eigenvalue weighted by Gasteiger charge is -2.47. The molecule has 2 saturated carbocycles. The molecule has 2 aliphatic rings. The number of amides is 1. The number of hydrogen-bond donors (Lipinski definition) is 1. The second-order valence-electron chi connectivity index (χ2n) is 14.3. The second kappa shape index (κ2) is 13.6. The number of pyridine rings is 1. The summed E-state index contributed by atoms with van der Waals surface area (Å²) in [5, 5.41) is 4.97. The summed E-state index contributed by atoms with van der Waals surface area (Å²) in [7, 11) is 1.36. The highest BCUT2D eigenvalue weighted by Gasteiger charge is 2.45. The lowest BCUT2D eigenvalue weighted by atomic mass is 9.68. The largest absolute Gasteiger partial charge is 0.487 e. The lowest BCUT2D eigenvalue weighted by Crippen LogP contribution is -2.49. The Bertz CT molecular complexity index is 1460. The van der Waals surface area contributed by atoms with Crippen molar-refractivity contribution in [3.63, 3.8) is 0 Å². The molecule has 6 nitrogen and oxygen atoms in total. The summed E-state index contributed by atoms with van der Waals surface area (Å²) in [5.74, 6) is 1.03. The van der Waals surface area contributed by atoms with Crippen LogP contribution in [0.15, 0.2) is 36.4 Å². The Balaban J connectivity index is 1.45. The molecule has 5 rings (SSSR count). The molecule has 44 heavy (non-hydrogen) atoms. The first-order chi connectivity index (χ1) is 21.0. The topological polar surface area (TPSA) is 77.5 Å². The number of rotatable bonds is 10. The van der Waals surface area contributed by atoms with E-state index in [1.165, 1.54) is 56.9 Å². The number of thiophene rings is 1. The number of fused-ring (bicyclic) bond motifs is 1. The smallest absolute Gasteiger partial charge is 0.328 e. The molecule has 1 aromatic carbocycles. The van der Waals surface area contributed by atoms with E-state index in [1.54, 1.807) is 11.3 Å². The van der Waals surface area contributed by atoms with Gasteiger partial charge in [-0.3, -0.25) is 4.79 Å². The first-order valence-corrected chi connectivity index (χ1v) is 17.4. The van der Waals surface area contributed by atoms with Crippen molar-refractivity contribution in [2.45, 2.75) is 123 Å². The molecular formula is C37H50N2O4S. The fraction of sp³-hybridized carbons (Fsp3) is 0.595. The SMILES string of the molecule is COC(=O)[C@H](Cc1ccc(C(C)C)s1)NC(=O)c1cc2ccc(OC3(C(C)(C)C)CCCCC3)cc2c(CC2CCCC2)n1. The molecule has 2 aliphatic carbocycles. The number of esters is 1. The van der Waals surface area contributed by atoms with Crippen LogP contribution in [0.3, 0.4) is 0 Å². The van der Waals surface area contributed by atoms with Crippen molar-refractivity contribution in [3.05, 3.63) is 57.5 Å². The van der Waals surface area contributed by atoms with Crippen LogP contribution in [0.5, 0.6) is 5.75 Å². The van der Waals surface area contributed by atoms with Crippen molar-refractivity contribution < 1.29 is 19.1 Å². The van der Waals surface area contributed by atoms with Crippen LogP contribution in [-0.4, -0.2) is 35.6 Å². The molecule has 1 atom stereocenters. The molecule has 0 aliphatic heterocycles. The predicted octanol–water partition coefficient (Wildman–Crippen LogP) is 8.79. The van der Waals surface area contributed by atoms with Gasteiger partial charge in [0.05, 0.1) is 7.11 Å². The molecule has 2 heterocycles. The zero-order valence-electron chi connectivity index (χ0n) is 27.5. The van der Waals surface area contributed by atoms with Crippen LogP contribution in [0.4, 0.5) is 0 Å². The maximum atomic E-state index is 13.7. The van der Waals surface area contributed by atoms with Gasteiger partial charge in [-0.15, -0.1) is 11.3 Å². The molecule has 7 heteroatoms. The quantitative estimate of drug-likeness (QED) is 0.230. The van der Waals surface area contributed by atoms with Gasteiger partial charge in [0.1, 0.15) is 23.1 Å². The van der Waals surface area contributed by atoms with E-state index in [0.717, 1.165) is 46.4 Å². The van der Waals surface area contributed by atoms with Gasteiger partial charge in [-0.25, -0.2) is 9.78 Å². The minimum absolute atomic E-state index is 0.0187. The molecular weight excluding hydrogens is 568 g/mol. The molecule has 0 saturated heterocycles. The molecule has 1 amide bonds. The van der Waals surface area contributed by atoms with Crippen molar-refractivity contribution in [2.75, 3.05) is 7.11 Å². The van der Waals surface area contributed by atoms with Crippen LogP contribution in [0, 0.1) is 11.3 Å². The number of carbonyl (C=O) groups excluding carboxylic acids is 2. The van der Waals surface area contributed by atoms with Gasteiger partial charge in [0.25, 0.3) is 5.91 Å². The highest BCUT2D eigenvalue weighted by molar-refractivity contribution is 7.12. The van der Waals surface area contributed by atoms with Crippen LogP contribution >= 0.6 is 11.3 Å². The first kappa shape index (κ1) is 32.5. The van der Waals surface area contributed by atoms with Gasteiger partial charge in [-0.1, -0.05) is 72.8 Å². The molecule has 2 aromatic heterocycles. The van der Waals surface area contributed by atoms with E-state index in [0.29, 0.717) is 24.0 Å². The third-order valence-corrected chi connectivity index (χ3v) is 11.3. The van der Waals surface area contributed by atoms with Crippen LogP contribution < -0.4 is 10.1 Å². The fourth-order valence-corrected chi connectivity index (χ4v) is 8.12. The normalized spacial score (nSPS) is 18.0. The van der Waals surface area contributed by atoms with Crippen LogP contribution in [0.2, 0.25) is 0 Å². The van der Waals surface area contributed by atoms with E-state index in [1.807, 2.05) is 18.2 Å². The molecule has 3 aromatic rings. The Morgan fingerprint density at radius 3 is 2.39 bits per heavy atom. The first-order valence-electron chi connectivity index (χ1n) is 16.6. The average molecular weight is 619 g/mol. The van der Waals surface area contributed by atoms with Gasteiger partial charge < -0.3 is 14.8 Å². The molecule has 0 spiro atoms. The summed E-state index contributed by atoms with van der Waals surface area (Å²) in [6.07, 6.45) is 11.8. The van der Waals surface area contributed by atoms with Gasteiger partial charge in [0.15, 0.2) is 0 Å². The summed E-state index contributed by atoms with van der Waals surface area (Å²) in [5.41, 5.74) is 1.10. The highest BCUT2D eigenvalue weighted by atomic mass is 32.1. The number of ether oxygens (including phenoxy) is 2. The zero-order valence-corrected chi connectivity index (χ0v) is 28.3. The second-order valence-corrected chi connectivity index (χ2v) is 15.5. The predicted molar refractivity (Wildman–Crippen MR) is 179 cm³/mol. The van der Waals surface area contributed by atoms with E-state index in [9.17, 15) is 9.59 Å². The Kier molecular flexibility index (Phi) is 10.0. The molecule has 238 valence electrons. The maximum absolute atomic E-state index is 13.7. The number of nitrogens with zero attached hydrogens (tertiary/aromatic N) is 1. The van der Waals surface area contributed by atoms with Gasteiger partial charge in [0, 0.05) is 32.7 Å². The number of methoxy groups -OCH3 is 1. The number of benzene rings is 1. The van der Waals surface area contributed by atoms with Crippen molar-refractivity contribution in [1.29, 1.82) is 0 Å². The van der Waals surface area contributed by atoms with Crippen molar-refractivity contribution in [2.24, 2.45) is 11.3 Å². The monoisotopic (exact) mass is 618 g/mol. The van der Waals surface area contributed by atoms with Crippen LogP contribution in [0.1, 0.15) is 124 Å². The van der Waals surface area contributed by atoms with E-state index in [4.69, 9.17) is 14.5 Å². The molecule has 0 bridgehead atoms. The summed E-state index contributed by atoms with van der Waals surface area (Å²) >= 11 is 1.67. The zero-order chi connectivity index (χ0) is 31.5. The van der Waals surface area contributed by atoms with Crippen LogP contribution in [0.25, 0.3) is 10.8 Å². The molecule has 2 fully saturated rings. The molecule has 0 unspecified atom stereocenters. The van der Waals surface area contributed by atoms with Gasteiger partial charge in [-0.05, 0) is 79.7 Å². The van der Waals surface area contributed by atoms with Crippen molar-refractivity contribution in [3.8, 4) is 5.75 Å². The third-order valence-electron chi connectivity index (χ3n) is 9.86. The van der Waals surface area contributed by atoms with Crippen LogP contribution in [-0.2, 0) is 22.4 Å². The number of hydrogen-bond acceptors (Lipinski definition) is 6. The highest BCUT2D eigenvalue weighted by Crippen LogP contribution is 2.45. The standard InChI is InChI=1S/C37H50N2O4S/c1-24(2)33-17-16-28(44-33)23-32(35(41)42-6)39-34(40)31-21-26-14-15-27(43-37(36(3,4)5)18-10-7-11-19-37)22-29(26)30(38-31)20-25-12-8-9-13-25/h14-17,21-22,24-25,32H,7-13,18-20,23H2,1-6H3,(H,39,40)/t32-/m0/s1. The maximum Gasteiger partial charge on any atom is 0.328 e. The number of carbonyl (C=O) groups is 2. The Morgan fingerprint density at radius 1 is 1.02 bits per heavy atom.